The fourth-order valence-corrected chi connectivity index (χ4v) is 1.70. The van der Waals surface area contributed by atoms with Gasteiger partial charge in [-0.15, -0.1) is 0 Å². The van der Waals surface area contributed by atoms with Gasteiger partial charge in [-0.1, -0.05) is 27.2 Å². The Morgan fingerprint density at radius 3 is 1.79 bits per heavy atom. The van der Waals surface area contributed by atoms with Crippen LogP contribution in [0.25, 0.3) is 0 Å². The summed E-state index contributed by atoms with van der Waals surface area (Å²) in [6.45, 7) is 11.8. The summed E-state index contributed by atoms with van der Waals surface area (Å²) in [4.78, 5) is 0. The average molecular weight is 275 g/mol. The largest absolute Gasteiger partial charge is 0.379 e. The maximum absolute atomic E-state index is 5.49. The number of hydrogen-bond donors (Lipinski definition) is 1. The second-order valence-corrected chi connectivity index (χ2v) is 4.66. The molecular weight excluding hydrogens is 242 g/mol. The van der Waals surface area contributed by atoms with Gasteiger partial charge in [-0.05, 0) is 19.3 Å². The molecule has 0 unspecified atom stereocenters. The van der Waals surface area contributed by atoms with Crippen molar-refractivity contribution in [1.82, 2.24) is 5.32 Å². The van der Waals surface area contributed by atoms with Gasteiger partial charge in [0.15, 0.2) is 0 Å². The van der Waals surface area contributed by atoms with E-state index in [9.17, 15) is 0 Å². The molecule has 0 aliphatic heterocycles. The predicted octanol–water partition coefficient (Wildman–Crippen LogP) is 2.61. The minimum Gasteiger partial charge on any atom is -0.379 e. The van der Waals surface area contributed by atoms with E-state index < -0.39 is 0 Å². The SMILES string of the molecule is CCCCOCCOCCOCCNC(CC)CC. The number of unbranched alkanes of at least 4 members (excludes halogenated alkanes) is 1. The van der Waals surface area contributed by atoms with Crippen molar-refractivity contribution in [3.8, 4) is 0 Å². The first kappa shape index (κ1) is 18.8. The van der Waals surface area contributed by atoms with Gasteiger partial charge in [-0.3, -0.25) is 0 Å². The van der Waals surface area contributed by atoms with Crippen LogP contribution in [-0.4, -0.2) is 52.2 Å². The highest BCUT2D eigenvalue weighted by Gasteiger charge is 2.00. The lowest BCUT2D eigenvalue weighted by Gasteiger charge is -2.14. The van der Waals surface area contributed by atoms with E-state index in [4.69, 9.17) is 14.2 Å². The third kappa shape index (κ3) is 14.1. The molecule has 0 aromatic heterocycles. The van der Waals surface area contributed by atoms with Crippen molar-refractivity contribution in [3.05, 3.63) is 0 Å². The zero-order valence-corrected chi connectivity index (χ0v) is 13.1. The summed E-state index contributed by atoms with van der Waals surface area (Å²) in [5.74, 6) is 0. The molecule has 0 rings (SSSR count). The third-order valence-electron chi connectivity index (χ3n) is 3.05. The standard InChI is InChI=1S/C15H33NO3/c1-4-7-9-17-11-13-19-14-12-18-10-8-16-15(5-2)6-3/h15-16H,4-14H2,1-3H3. The van der Waals surface area contributed by atoms with Crippen LogP contribution >= 0.6 is 0 Å². The summed E-state index contributed by atoms with van der Waals surface area (Å²) in [6.07, 6.45) is 4.67. The van der Waals surface area contributed by atoms with Gasteiger partial charge in [0, 0.05) is 19.2 Å². The van der Waals surface area contributed by atoms with Gasteiger partial charge in [0.25, 0.3) is 0 Å². The zero-order valence-electron chi connectivity index (χ0n) is 13.1. The van der Waals surface area contributed by atoms with Crippen molar-refractivity contribution in [1.29, 1.82) is 0 Å². The van der Waals surface area contributed by atoms with E-state index in [1.165, 1.54) is 19.3 Å². The molecular formula is C15H33NO3. The Kier molecular flexibility index (Phi) is 15.8. The Bertz CT molecular complexity index is 163. The average Bonchev–Trinajstić information content (AvgIpc) is 2.44. The molecule has 0 saturated heterocycles. The minimum atomic E-state index is 0.625. The first-order valence-corrected chi connectivity index (χ1v) is 7.81. The molecule has 116 valence electrons. The van der Waals surface area contributed by atoms with E-state index in [2.05, 4.69) is 26.1 Å². The van der Waals surface area contributed by atoms with Crippen LogP contribution in [0, 0.1) is 0 Å². The van der Waals surface area contributed by atoms with Crippen molar-refractivity contribution in [2.24, 2.45) is 0 Å². The first-order valence-electron chi connectivity index (χ1n) is 7.81. The zero-order chi connectivity index (χ0) is 14.2. The molecule has 0 heterocycles. The topological polar surface area (TPSA) is 39.7 Å². The van der Waals surface area contributed by atoms with Gasteiger partial charge in [-0.2, -0.15) is 0 Å². The molecule has 1 N–H and O–H groups in total. The van der Waals surface area contributed by atoms with Crippen molar-refractivity contribution in [3.63, 3.8) is 0 Å². The number of rotatable bonds is 15. The first-order chi connectivity index (χ1) is 9.35. The molecule has 0 radical (unpaired) electrons. The van der Waals surface area contributed by atoms with Gasteiger partial charge in [-0.25, -0.2) is 0 Å². The third-order valence-corrected chi connectivity index (χ3v) is 3.05. The van der Waals surface area contributed by atoms with Crippen molar-refractivity contribution < 1.29 is 14.2 Å². The molecule has 4 nitrogen and oxygen atoms in total. The molecule has 0 spiro atoms. The van der Waals surface area contributed by atoms with Crippen LogP contribution in [0.5, 0.6) is 0 Å². The van der Waals surface area contributed by atoms with E-state index in [0.29, 0.717) is 32.5 Å². The maximum Gasteiger partial charge on any atom is 0.0701 e. The Balaban J connectivity index is 3.02. The van der Waals surface area contributed by atoms with Gasteiger partial charge >= 0.3 is 0 Å². The molecule has 4 heteroatoms. The molecule has 0 aliphatic rings. The van der Waals surface area contributed by atoms with Crippen LogP contribution in [0.1, 0.15) is 46.5 Å². The highest BCUT2D eigenvalue weighted by atomic mass is 16.5. The van der Waals surface area contributed by atoms with E-state index in [1.54, 1.807) is 0 Å². The normalized spacial score (nSPS) is 11.4. The van der Waals surface area contributed by atoms with Crippen molar-refractivity contribution >= 4 is 0 Å². The molecule has 0 atom stereocenters. The summed E-state index contributed by atoms with van der Waals surface area (Å²) in [5.41, 5.74) is 0. The van der Waals surface area contributed by atoms with Crippen molar-refractivity contribution in [2.45, 2.75) is 52.5 Å². The van der Waals surface area contributed by atoms with Crippen LogP contribution in [0.2, 0.25) is 0 Å². The van der Waals surface area contributed by atoms with E-state index in [1.807, 2.05) is 0 Å². The Morgan fingerprint density at radius 1 is 0.737 bits per heavy atom. The van der Waals surface area contributed by atoms with Crippen LogP contribution in [-0.2, 0) is 14.2 Å². The molecule has 0 amide bonds. The second-order valence-electron chi connectivity index (χ2n) is 4.66. The summed E-state index contributed by atoms with van der Waals surface area (Å²) >= 11 is 0. The molecule has 0 bridgehead atoms. The highest BCUT2D eigenvalue weighted by molar-refractivity contribution is 4.61. The lowest BCUT2D eigenvalue weighted by Crippen LogP contribution is -2.31. The number of nitrogens with one attached hydrogen (secondary N) is 1. The van der Waals surface area contributed by atoms with Gasteiger partial charge < -0.3 is 19.5 Å². The lowest BCUT2D eigenvalue weighted by atomic mass is 10.2. The molecule has 0 aromatic rings. The molecule has 0 aromatic carbocycles. The lowest BCUT2D eigenvalue weighted by molar-refractivity contribution is 0.0144. The summed E-state index contributed by atoms with van der Waals surface area (Å²) < 4.78 is 16.3. The Labute approximate surface area is 119 Å². The maximum atomic E-state index is 5.49. The van der Waals surface area contributed by atoms with Crippen LogP contribution in [0.4, 0.5) is 0 Å². The highest BCUT2D eigenvalue weighted by Crippen LogP contribution is 1.94. The van der Waals surface area contributed by atoms with E-state index >= 15 is 0 Å². The monoisotopic (exact) mass is 275 g/mol. The van der Waals surface area contributed by atoms with Crippen LogP contribution in [0.15, 0.2) is 0 Å². The quantitative estimate of drug-likeness (QED) is 0.466. The molecule has 19 heavy (non-hydrogen) atoms. The molecule has 0 fully saturated rings. The van der Waals surface area contributed by atoms with Gasteiger partial charge in [0.1, 0.15) is 0 Å². The Morgan fingerprint density at radius 2 is 1.26 bits per heavy atom. The fourth-order valence-electron chi connectivity index (χ4n) is 1.70. The summed E-state index contributed by atoms with van der Waals surface area (Å²) in [7, 11) is 0. The predicted molar refractivity (Wildman–Crippen MR) is 79.7 cm³/mol. The number of ether oxygens (including phenoxy) is 3. The van der Waals surface area contributed by atoms with Crippen LogP contribution in [0.3, 0.4) is 0 Å². The number of hydrogen-bond acceptors (Lipinski definition) is 4. The van der Waals surface area contributed by atoms with Crippen molar-refractivity contribution in [2.75, 3.05) is 46.2 Å². The molecule has 0 saturated carbocycles. The summed E-state index contributed by atoms with van der Waals surface area (Å²) in [6, 6.07) is 0.625. The fraction of sp³-hybridized carbons (Fsp3) is 1.00. The van der Waals surface area contributed by atoms with E-state index in [0.717, 1.165) is 26.2 Å². The van der Waals surface area contributed by atoms with Crippen LogP contribution < -0.4 is 5.32 Å². The minimum absolute atomic E-state index is 0.625. The summed E-state index contributed by atoms with van der Waals surface area (Å²) in [5, 5.41) is 3.46. The van der Waals surface area contributed by atoms with Gasteiger partial charge in [0.05, 0.1) is 33.0 Å². The second kappa shape index (κ2) is 15.9. The van der Waals surface area contributed by atoms with E-state index in [-0.39, 0.29) is 0 Å². The van der Waals surface area contributed by atoms with Gasteiger partial charge in [0.2, 0.25) is 0 Å². The molecule has 0 aliphatic carbocycles. The smallest absolute Gasteiger partial charge is 0.0701 e. The Hall–Kier alpha value is -0.160.